The van der Waals surface area contributed by atoms with Crippen LogP contribution in [0.1, 0.15) is 11.1 Å². The van der Waals surface area contributed by atoms with E-state index in [4.69, 9.17) is 0 Å². The van der Waals surface area contributed by atoms with E-state index in [1.54, 1.807) is 6.67 Å². The molecule has 212 valence electrons. The van der Waals surface area contributed by atoms with Crippen molar-refractivity contribution in [3.05, 3.63) is 139 Å². The number of halogens is 5. The van der Waals surface area contributed by atoms with E-state index in [0.29, 0.717) is 11.5 Å². The smallest absolute Gasteiger partial charge is 0.456 e. The van der Waals surface area contributed by atoms with E-state index >= 15 is 0 Å². The largest absolute Gasteiger partial charge is 3.00 e. The third-order valence-corrected chi connectivity index (χ3v) is 5.56. The van der Waals surface area contributed by atoms with Crippen molar-refractivity contribution in [3.8, 4) is 11.4 Å². The van der Waals surface area contributed by atoms with E-state index in [2.05, 4.69) is 37.2 Å². The van der Waals surface area contributed by atoms with Gasteiger partial charge in [-0.05, 0) is 12.1 Å². The van der Waals surface area contributed by atoms with Gasteiger partial charge in [0.1, 0.15) is 30.4 Å². The summed E-state index contributed by atoms with van der Waals surface area (Å²) in [5, 5.41) is 6.11. The van der Waals surface area contributed by atoms with Crippen LogP contribution in [0, 0.1) is 30.7 Å². The number of alkyl halides is 3. The van der Waals surface area contributed by atoms with E-state index in [1.165, 1.54) is 23.7 Å². The molecule has 0 unspecified atom stereocenters. The number of nitrogens with zero attached hydrogens (tertiary/aromatic N) is 7. The van der Waals surface area contributed by atoms with Gasteiger partial charge in [0.25, 0.3) is 0 Å². The van der Waals surface area contributed by atoms with Crippen molar-refractivity contribution in [3.63, 3.8) is 0 Å². The van der Waals surface area contributed by atoms with Crippen LogP contribution in [0.4, 0.5) is 33.3 Å². The maximum Gasteiger partial charge on any atom is 3.00 e. The molecule has 0 atom stereocenters. The van der Waals surface area contributed by atoms with Crippen LogP contribution in [0.15, 0.2) is 103 Å². The molecule has 0 aliphatic carbocycles. The van der Waals surface area contributed by atoms with Gasteiger partial charge in [0.15, 0.2) is 0 Å². The minimum Gasteiger partial charge on any atom is -0.456 e. The molecule has 0 saturated carbocycles. The van der Waals surface area contributed by atoms with E-state index < -0.39 is 23.6 Å². The zero-order chi connectivity index (χ0) is 28.8. The Morgan fingerprint density at radius 1 is 0.786 bits per heavy atom. The molecule has 0 fully saturated rings. The first-order valence-corrected chi connectivity index (χ1v) is 11.9. The summed E-state index contributed by atoms with van der Waals surface area (Å²) in [6, 6.07) is 28.5. The molecule has 1 aliphatic rings. The van der Waals surface area contributed by atoms with Crippen molar-refractivity contribution >= 4 is 17.2 Å². The zero-order valence-electron chi connectivity index (χ0n) is 21.2. The van der Waals surface area contributed by atoms with Gasteiger partial charge in [0.2, 0.25) is 0 Å². The second-order valence-corrected chi connectivity index (χ2v) is 8.27. The fourth-order valence-corrected chi connectivity index (χ4v) is 3.65. The quantitative estimate of drug-likeness (QED) is 0.122. The van der Waals surface area contributed by atoms with E-state index in [-0.39, 0.29) is 31.5 Å². The molecule has 0 bridgehead atoms. The second kappa shape index (κ2) is 13.4. The molecule has 2 aromatic heterocycles. The Balaban J connectivity index is 0.000000228. The minimum atomic E-state index is -4.39. The van der Waals surface area contributed by atoms with E-state index in [0.717, 1.165) is 29.4 Å². The van der Waals surface area contributed by atoms with Crippen LogP contribution in [0.2, 0.25) is 0 Å². The van der Waals surface area contributed by atoms with Crippen molar-refractivity contribution < 1.29 is 42.1 Å². The number of anilines is 2. The topological polar surface area (TPSA) is 70.4 Å². The summed E-state index contributed by atoms with van der Waals surface area (Å²) in [5.74, 6) is -1.17. The van der Waals surface area contributed by atoms with Crippen LogP contribution in [0.25, 0.3) is 11.4 Å². The number of hydrazone groups is 1. The Hall–Kier alpha value is -4.61. The first kappa shape index (κ1) is 30.4. The Kier molecular flexibility index (Phi) is 9.66. The molecule has 0 radical (unpaired) electrons. The predicted octanol–water partition coefficient (Wildman–Crippen LogP) is 6.32. The number of hydrogen-bond donors (Lipinski definition) is 0. The summed E-state index contributed by atoms with van der Waals surface area (Å²) in [6.45, 7) is 1.73. The molecule has 3 heterocycles. The molecule has 7 nitrogen and oxygen atoms in total. The molecule has 1 aliphatic heterocycles. The van der Waals surface area contributed by atoms with Crippen molar-refractivity contribution in [1.82, 2.24) is 19.9 Å². The zero-order valence-corrected chi connectivity index (χ0v) is 23.6. The predicted molar refractivity (Wildman–Crippen MR) is 141 cm³/mol. The fraction of sp³-hybridized carbons (Fsp3) is 0.0345. The van der Waals surface area contributed by atoms with Gasteiger partial charge in [0, 0.05) is 11.3 Å². The fourth-order valence-electron chi connectivity index (χ4n) is 3.65. The van der Waals surface area contributed by atoms with Gasteiger partial charge < -0.3 is 9.91 Å². The molecule has 0 amide bonds. The van der Waals surface area contributed by atoms with Crippen molar-refractivity contribution in [2.24, 2.45) is 5.10 Å². The molecule has 5 aromatic rings. The SMILES string of the molecule is FC(F)(F)c1c[c-]c(N2[CH-]N(c3ccccc3)C(c3ccccc3)=N2)cc1.Fc1c[c-]c(-c2ncncn2)c(F)n1.[Ir+3]. The van der Waals surface area contributed by atoms with Crippen molar-refractivity contribution in [2.45, 2.75) is 6.18 Å². The average molecular weight is 751 g/mol. The van der Waals surface area contributed by atoms with Crippen LogP contribution < -0.4 is 9.91 Å². The molecule has 42 heavy (non-hydrogen) atoms. The van der Waals surface area contributed by atoms with Crippen molar-refractivity contribution in [1.29, 1.82) is 0 Å². The van der Waals surface area contributed by atoms with Gasteiger partial charge in [-0.25, -0.2) is 13.8 Å². The third kappa shape index (κ3) is 7.17. The monoisotopic (exact) mass is 751 g/mol. The number of rotatable bonds is 4. The Morgan fingerprint density at radius 3 is 2.05 bits per heavy atom. The number of para-hydroxylation sites is 1. The number of amidine groups is 1. The summed E-state index contributed by atoms with van der Waals surface area (Å²) in [5.41, 5.74) is 1.41. The molecule has 0 saturated heterocycles. The summed E-state index contributed by atoms with van der Waals surface area (Å²) in [6.07, 6.45) is -1.98. The van der Waals surface area contributed by atoms with Gasteiger partial charge in [-0.1, -0.05) is 71.4 Å². The summed E-state index contributed by atoms with van der Waals surface area (Å²) >= 11 is 0. The van der Waals surface area contributed by atoms with Crippen LogP contribution in [0.3, 0.4) is 0 Å². The number of benzene rings is 3. The summed E-state index contributed by atoms with van der Waals surface area (Å²) in [4.78, 5) is 15.8. The first-order chi connectivity index (χ1) is 19.8. The normalized spacial score (nSPS) is 12.6. The van der Waals surface area contributed by atoms with Gasteiger partial charge in [-0.15, -0.1) is 18.8 Å². The van der Waals surface area contributed by atoms with Crippen molar-refractivity contribution in [2.75, 3.05) is 9.91 Å². The third-order valence-electron chi connectivity index (χ3n) is 5.56. The van der Waals surface area contributed by atoms with Gasteiger partial charge in [0.05, 0.1) is 5.82 Å². The minimum absolute atomic E-state index is 0. The van der Waals surface area contributed by atoms with Crippen LogP contribution >= 0.6 is 0 Å². The average Bonchev–Trinajstić information content (AvgIpc) is 3.44. The van der Waals surface area contributed by atoms with Crippen LogP contribution in [-0.4, -0.2) is 25.8 Å². The van der Waals surface area contributed by atoms with Gasteiger partial charge in [-0.3, -0.25) is 15.0 Å². The van der Waals surface area contributed by atoms with Gasteiger partial charge in [-0.2, -0.15) is 36.5 Å². The Morgan fingerprint density at radius 2 is 1.45 bits per heavy atom. The molecular formula is C29H17F5IrN7. The molecular weight excluding hydrogens is 734 g/mol. The van der Waals surface area contributed by atoms with Crippen LogP contribution in [0.5, 0.6) is 0 Å². The van der Waals surface area contributed by atoms with Gasteiger partial charge >= 0.3 is 26.3 Å². The first-order valence-electron chi connectivity index (χ1n) is 11.9. The second-order valence-electron chi connectivity index (χ2n) is 8.27. The van der Waals surface area contributed by atoms with E-state index in [9.17, 15) is 22.0 Å². The number of aromatic nitrogens is 4. The summed E-state index contributed by atoms with van der Waals surface area (Å²) in [7, 11) is 0. The molecule has 3 aromatic carbocycles. The molecule has 0 spiro atoms. The molecule has 13 heteroatoms. The summed E-state index contributed by atoms with van der Waals surface area (Å²) < 4.78 is 63.8. The maximum atomic E-state index is 13.1. The Bertz CT molecular complexity index is 1620. The number of hydrogen-bond acceptors (Lipinski definition) is 7. The number of pyridine rings is 1. The Labute approximate surface area is 250 Å². The maximum absolute atomic E-state index is 13.1. The molecule has 6 rings (SSSR count). The molecule has 0 N–H and O–H groups in total. The standard InChI is InChI=1S/C21H14F3N3.C8H3F2N4.Ir/c22-21(23,24)17-11-13-19(14-12-17)27-15-26(18-9-5-2-6-10-18)20(25-27)16-7-3-1-4-8-16;9-6-2-1-5(7(10)14-6)8-12-3-11-4-13-8;/h1-13,15H;2-4H;/q-2;-1;+3. The van der Waals surface area contributed by atoms with Crippen LogP contribution in [-0.2, 0) is 26.3 Å². The van der Waals surface area contributed by atoms with E-state index in [1.807, 2.05) is 65.6 Å².